The van der Waals surface area contributed by atoms with Crippen molar-refractivity contribution >= 4 is 23.6 Å². The van der Waals surface area contributed by atoms with Crippen molar-refractivity contribution in [2.24, 2.45) is 4.99 Å². The maximum atomic E-state index is 14.3. The van der Waals surface area contributed by atoms with Gasteiger partial charge in [0.15, 0.2) is 0 Å². The molecule has 2 heterocycles. The zero-order valence-corrected chi connectivity index (χ0v) is 23.0. The van der Waals surface area contributed by atoms with E-state index in [2.05, 4.69) is 64.3 Å². The Morgan fingerprint density at radius 2 is 1.75 bits per heavy atom. The van der Waals surface area contributed by atoms with E-state index in [1.54, 1.807) is 11.0 Å². The summed E-state index contributed by atoms with van der Waals surface area (Å²) in [6, 6.07) is 23.5. The molecule has 0 atom stereocenters. The zero-order chi connectivity index (χ0) is 27.5. The van der Waals surface area contributed by atoms with Crippen LogP contribution in [0.15, 0.2) is 84.4 Å². The summed E-state index contributed by atoms with van der Waals surface area (Å²) in [5.74, 6) is 0.431. The van der Waals surface area contributed by atoms with Gasteiger partial charge >= 0.3 is 6.03 Å². The van der Waals surface area contributed by atoms with Gasteiger partial charge in [-0.1, -0.05) is 80.4 Å². The smallest absolute Gasteiger partial charge is 0.350 e. The van der Waals surface area contributed by atoms with Crippen LogP contribution in [0.25, 0.3) is 17.2 Å². The largest absolute Gasteiger partial charge is 0.369 e. The number of nitrogens with one attached hydrogen (secondary N) is 1. The van der Waals surface area contributed by atoms with E-state index in [0.717, 1.165) is 56.7 Å². The van der Waals surface area contributed by atoms with Crippen LogP contribution in [0.1, 0.15) is 56.1 Å². The molecule has 6 rings (SSSR count). The minimum absolute atomic E-state index is 0.300. The predicted molar refractivity (Wildman–Crippen MR) is 161 cm³/mol. The van der Waals surface area contributed by atoms with Gasteiger partial charge in [0.05, 0.1) is 0 Å². The van der Waals surface area contributed by atoms with Crippen molar-refractivity contribution in [2.45, 2.75) is 63.1 Å². The summed E-state index contributed by atoms with van der Waals surface area (Å²) in [5, 5.41) is 3.69. The highest BCUT2D eigenvalue weighted by Gasteiger charge is 2.52. The zero-order valence-electron chi connectivity index (χ0n) is 23.0. The van der Waals surface area contributed by atoms with Gasteiger partial charge in [0, 0.05) is 31.4 Å². The number of aliphatic imine (C=N–C) groups is 1. The van der Waals surface area contributed by atoms with Gasteiger partial charge in [-0.15, -0.1) is 0 Å². The SMILES string of the molecule is C=Cc1ccccc1-c1cccc(CN2CCC3(CC2)C(NC2CCCCC2)=NC(=O)N3c2cccc(F)c2)c1. The third kappa shape index (κ3) is 5.20. The summed E-state index contributed by atoms with van der Waals surface area (Å²) in [5.41, 5.74) is 4.75. The summed E-state index contributed by atoms with van der Waals surface area (Å²) < 4.78 is 14.3. The Morgan fingerprint density at radius 1 is 0.975 bits per heavy atom. The molecule has 0 unspecified atom stereocenters. The molecular weight excluding hydrogens is 499 g/mol. The monoisotopic (exact) mass is 536 g/mol. The van der Waals surface area contributed by atoms with Crippen LogP contribution in [-0.4, -0.2) is 41.4 Å². The molecule has 1 saturated carbocycles. The number of rotatable bonds is 6. The Kier molecular flexibility index (Phi) is 7.53. The highest BCUT2D eigenvalue weighted by Crippen LogP contribution is 2.39. The van der Waals surface area contributed by atoms with Crippen molar-refractivity contribution in [3.8, 4) is 11.1 Å². The van der Waals surface area contributed by atoms with Crippen molar-refractivity contribution in [1.82, 2.24) is 10.2 Å². The Morgan fingerprint density at radius 3 is 2.52 bits per heavy atom. The standard InChI is InChI=1S/C34H37FN4O/c1-2-26-11-6-7-17-31(26)27-12-8-10-25(22-27)24-38-20-18-34(19-21-38)32(36-29-14-4-3-5-15-29)37-33(40)39(34)30-16-9-13-28(35)23-30/h2,6-13,16-17,22-23,29H,1,3-5,14-15,18-21,24H2,(H,36,37,40). The molecular formula is C34H37FN4O. The minimum atomic E-state index is -0.580. The van der Waals surface area contributed by atoms with E-state index in [9.17, 15) is 9.18 Å². The summed E-state index contributed by atoms with van der Waals surface area (Å²) in [6.07, 6.45) is 9.24. The lowest BCUT2D eigenvalue weighted by Gasteiger charge is -2.45. The van der Waals surface area contributed by atoms with Crippen molar-refractivity contribution in [1.29, 1.82) is 0 Å². The number of nitrogens with zero attached hydrogens (tertiary/aromatic N) is 3. The summed E-state index contributed by atoms with van der Waals surface area (Å²) in [7, 11) is 0. The first-order valence-corrected chi connectivity index (χ1v) is 14.5. The Labute approximate surface area is 236 Å². The fourth-order valence-electron chi connectivity index (χ4n) is 6.69. The lowest BCUT2D eigenvalue weighted by Crippen LogP contribution is -2.62. The topological polar surface area (TPSA) is 47.9 Å². The van der Waals surface area contributed by atoms with Gasteiger partial charge in [-0.25, -0.2) is 9.18 Å². The molecule has 2 aliphatic heterocycles. The molecule has 1 spiro atoms. The van der Waals surface area contributed by atoms with Crippen molar-refractivity contribution in [3.63, 3.8) is 0 Å². The molecule has 40 heavy (non-hydrogen) atoms. The van der Waals surface area contributed by atoms with Crippen LogP contribution in [0.2, 0.25) is 0 Å². The molecule has 1 saturated heterocycles. The van der Waals surface area contributed by atoms with Gasteiger partial charge in [0.1, 0.15) is 17.2 Å². The molecule has 0 radical (unpaired) electrons. The normalized spacial score (nSPS) is 19.6. The Balaban J connectivity index is 1.22. The van der Waals surface area contributed by atoms with Gasteiger partial charge in [0.2, 0.25) is 0 Å². The summed E-state index contributed by atoms with van der Waals surface area (Å²) in [4.78, 5) is 22.1. The Hall–Kier alpha value is -3.77. The van der Waals surface area contributed by atoms with Gasteiger partial charge in [-0.3, -0.25) is 9.80 Å². The second-order valence-electron chi connectivity index (χ2n) is 11.3. The van der Waals surface area contributed by atoms with E-state index >= 15 is 0 Å². The summed E-state index contributed by atoms with van der Waals surface area (Å²) in [6.45, 7) is 6.44. The van der Waals surface area contributed by atoms with Gasteiger partial charge in [0.25, 0.3) is 0 Å². The predicted octanol–water partition coefficient (Wildman–Crippen LogP) is 7.43. The van der Waals surface area contributed by atoms with E-state index in [4.69, 9.17) is 0 Å². The van der Waals surface area contributed by atoms with Crippen molar-refractivity contribution in [2.75, 3.05) is 18.0 Å². The summed E-state index contributed by atoms with van der Waals surface area (Å²) >= 11 is 0. The average Bonchev–Trinajstić information content (AvgIpc) is 3.24. The van der Waals surface area contributed by atoms with Crippen LogP contribution in [-0.2, 0) is 6.54 Å². The van der Waals surface area contributed by atoms with E-state index in [1.807, 2.05) is 18.2 Å². The first-order valence-electron chi connectivity index (χ1n) is 14.5. The molecule has 206 valence electrons. The van der Waals surface area contributed by atoms with Crippen molar-refractivity contribution < 1.29 is 9.18 Å². The van der Waals surface area contributed by atoms with Gasteiger partial charge in [-0.05, 0) is 72.2 Å². The molecule has 6 heteroatoms. The molecule has 0 aromatic heterocycles. The number of amides is 2. The lowest BCUT2D eigenvalue weighted by atomic mass is 9.83. The fourth-order valence-corrected chi connectivity index (χ4v) is 6.69. The molecule has 0 bridgehead atoms. The quantitative estimate of drug-likeness (QED) is 0.356. The fraction of sp³-hybridized carbons (Fsp3) is 0.353. The molecule has 2 amide bonds. The van der Waals surface area contributed by atoms with Crippen LogP contribution in [0.4, 0.5) is 14.9 Å². The third-order valence-electron chi connectivity index (χ3n) is 8.79. The van der Waals surface area contributed by atoms with Crippen LogP contribution in [0, 0.1) is 5.82 Å². The van der Waals surface area contributed by atoms with Crippen LogP contribution in [0.3, 0.4) is 0 Å². The number of carbonyl (C=O) groups is 1. The van der Waals surface area contributed by atoms with Crippen LogP contribution in [0.5, 0.6) is 0 Å². The van der Waals surface area contributed by atoms with Crippen LogP contribution < -0.4 is 10.2 Å². The maximum absolute atomic E-state index is 14.3. The highest BCUT2D eigenvalue weighted by atomic mass is 19.1. The van der Waals surface area contributed by atoms with E-state index in [-0.39, 0.29) is 11.8 Å². The second-order valence-corrected chi connectivity index (χ2v) is 11.3. The number of likely N-dealkylation sites (tertiary alicyclic amines) is 1. The molecule has 3 aromatic rings. The van der Waals surface area contributed by atoms with Gasteiger partial charge in [-0.2, -0.15) is 4.99 Å². The molecule has 3 aromatic carbocycles. The Bertz CT molecular complexity index is 1420. The number of hydrogen-bond acceptors (Lipinski definition) is 3. The van der Waals surface area contributed by atoms with Crippen molar-refractivity contribution in [3.05, 3.63) is 96.3 Å². The highest BCUT2D eigenvalue weighted by molar-refractivity contribution is 6.16. The number of carbonyl (C=O) groups excluding carboxylic acids is 1. The third-order valence-corrected chi connectivity index (χ3v) is 8.79. The number of urea groups is 1. The number of piperidine rings is 1. The molecule has 5 nitrogen and oxygen atoms in total. The number of halogens is 1. The number of amidine groups is 1. The first-order chi connectivity index (χ1) is 19.6. The molecule has 1 N–H and O–H groups in total. The lowest BCUT2D eigenvalue weighted by molar-refractivity contribution is 0.181. The van der Waals surface area contributed by atoms with Gasteiger partial charge < -0.3 is 5.32 Å². The van der Waals surface area contributed by atoms with E-state index < -0.39 is 5.54 Å². The number of hydrogen-bond donors (Lipinski definition) is 1. The molecule has 2 fully saturated rings. The van der Waals surface area contributed by atoms with E-state index in [0.29, 0.717) is 11.7 Å². The minimum Gasteiger partial charge on any atom is -0.369 e. The second kappa shape index (κ2) is 11.4. The molecule has 3 aliphatic rings. The van der Waals surface area contributed by atoms with Crippen LogP contribution >= 0.6 is 0 Å². The first kappa shape index (κ1) is 26.5. The average molecular weight is 537 g/mol. The van der Waals surface area contributed by atoms with E-state index in [1.165, 1.54) is 48.1 Å². The number of anilines is 1. The number of benzene rings is 3. The maximum Gasteiger partial charge on any atom is 0.350 e. The molecule has 1 aliphatic carbocycles.